The van der Waals surface area contributed by atoms with E-state index < -0.39 is 10.0 Å². The summed E-state index contributed by atoms with van der Waals surface area (Å²) >= 11 is 0. The minimum absolute atomic E-state index is 0.0969. The van der Waals surface area contributed by atoms with E-state index in [2.05, 4.69) is 14.7 Å². The van der Waals surface area contributed by atoms with Gasteiger partial charge in [-0.1, -0.05) is 32.0 Å². The van der Waals surface area contributed by atoms with Crippen molar-refractivity contribution in [2.75, 3.05) is 4.72 Å². The highest BCUT2D eigenvalue weighted by Gasteiger charge is 2.19. The first-order valence-electron chi connectivity index (χ1n) is 6.63. The molecule has 1 heterocycles. The van der Waals surface area contributed by atoms with Crippen molar-refractivity contribution in [1.29, 1.82) is 0 Å². The molecule has 5 nitrogen and oxygen atoms in total. The lowest BCUT2D eigenvalue weighted by Gasteiger charge is -2.13. The summed E-state index contributed by atoms with van der Waals surface area (Å²) in [7, 11) is -3.63. The zero-order valence-corrected chi connectivity index (χ0v) is 12.7. The van der Waals surface area contributed by atoms with Gasteiger partial charge in [0.2, 0.25) is 0 Å². The number of nitrogens with one attached hydrogen (secondary N) is 2. The summed E-state index contributed by atoms with van der Waals surface area (Å²) in [6, 6.07) is 5.74. The maximum absolute atomic E-state index is 12.4. The molecule has 2 N–H and O–H groups in total. The van der Waals surface area contributed by atoms with E-state index >= 15 is 0 Å². The van der Waals surface area contributed by atoms with Crippen molar-refractivity contribution in [1.82, 2.24) is 9.97 Å². The maximum atomic E-state index is 12.4. The highest BCUT2D eigenvalue weighted by atomic mass is 32.2. The third-order valence-corrected chi connectivity index (χ3v) is 4.47. The fourth-order valence-electron chi connectivity index (χ4n) is 2.02. The molecule has 0 amide bonds. The van der Waals surface area contributed by atoms with E-state index in [1.54, 1.807) is 0 Å². The summed E-state index contributed by atoms with van der Waals surface area (Å²) in [6.45, 7) is 5.80. The fraction of sp³-hybridized carbons (Fsp3) is 0.357. The van der Waals surface area contributed by atoms with E-state index in [0.29, 0.717) is 17.9 Å². The largest absolute Gasteiger partial charge is 0.332 e. The maximum Gasteiger partial charge on any atom is 0.279 e. The highest BCUT2D eigenvalue weighted by molar-refractivity contribution is 7.92. The molecular formula is C14H19N3O2S. The number of anilines is 1. The van der Waals surface area contributed by atoms with Crippen LogP contribution in [0.25, 0.3) is 0 Å². The lowest BCUT2D eigenvalue weighted by Crippen LogP contribution is -2.15. The van der Waals surface area contributed by atoms with Crippen molar-refractivity contribution < 1.29 is 8.42 Å². The second-order valence-electron chi connectivity index (χ2n) is 4.62. The number of aromatic nitrogens is 2. The Labute approximate surface area is 119 Å². The van der Waals surface area contributed by atoms with Crippen LogP contribution in [0.3, 0.4) is 0 Å². The second-order valence-corrected chi connectivity index (χ2v) is 6.27. The van der Waals surface area contributed by atoms with E-state index in [-0.39, 0.29) is 5.03 Å². The Morgan fingerprint density at radius 1 is 1.25 bits per heavy atom. The molecule has 0 aliphatic rings. The van der Waals surface area contributed by atoms with E-state index in [4.69, 9.17) is 0 Å². The molecule has 2 rings (SSSR count). The number of hydrogen-bond acceptors (Lipinski definition) is 3. The Morgan fingerprint density at radius 3 is 2.60 bits per heavy atom. The molecule has 108 valence electrons. The lowest BCUT2D eigenvalue weighted by molar-refractivity contribution is 0.598. The van der Waals surface area contributed by atoms with Gasteiger partial charge in [-0.2, -0.15) is 8.42 Å². The number of benzene rings is 1. The number of para-hydroxylation sites is 1. The van der Waals surface area contributed by atoms with E-state index in [1.807, 2.05) is 39.0 Å². The van der Waals surface area contributed by atoms with Crippen LogP contribution in [0, 0.1) is 6.92 Å². The Balaban J connectivity index is 2.38. The SMILES string of the molecule is CCc1ncc(S(=O)(=O)Nc2c(C)cccc2CC)[nH]1. The summed E-state index contributed by atoms with van der Waals surface area (Å²) in [5, 5.41) is 0.0969. The summed E-state index contributed by atoms with van der Waals surface area (Å²) < 4.78 is 27.4. The zero-order valence-electron chi connectivity index (χ0n) is 11.9. The molecule has 20 heavy (non-hydrogen) atoms. The van der Waals surface area contributed by atoms with Crippen LogP contribution in [0.15, 0.2) is 29.4 Å². The minimum Gasteiger partial charge on any atom is -0.332 e. The average Bonchev–Trinajstić information content (AvgIpc) is 2.90. The highest BCUT2D eigenvalue weighted by Crippen LogP contribution is 2.24. The van der Waals surface area contributed by atoms with Crippen LogP contribution in [0.2, 0.25) is 0 Å². The topological polar surface area (TPSA) is 74.8 Å². The normalized spacial score (nSPS) is 11.6. The molecule has 0 unspecified atom stereocenters. The van der Waals surface area contributed by atoms with Crippen LogP contribution >= 0.6 is 0 Å². The Bertz CT molecular complexity index is 705. The minimum atomic E-state index is -3.63. The van der Waals surface area contributed by atoms with Crippen LogP contribution < -0.4 is 4.72 Å². The predicted octanol–water partition coefficient (Wildman–Crippen LogP) is 2.64. The molecule has 0 aliphatic heterocycles. The van der Waals surface area contributed by atoms with Crippen molar-refractivity contribution in [2.24, 2.45) is 0 Å². The van der Waals surface area contributed by atoms with Crippen LogP contribution in [-0.4, -0.2) is 18.4 Å². The van der Waals surface area contributed by atoms with E-state index in [1.165, 1.54) is 6.20 Å². The van der Waals surface area contributed by atoms with Gasteiger partial charge < -0.3 is 4.98 Å². The molecule has 0 saturated carbocycles. The van der Waals surface area contributed by atoms with Gasteiger partial charge in [-0.15, -0.1) is 0 Å². The molecule has 0 atom stereocenters. The number of rotatable bonds is 5. The summed E-state index contributed by atoms with van der Waals surface area (Å²) in [6.07, 6.45) is 2.79. The van der Waals surface area contributed by atoms with Gasteiger partial charge in [0.1, 0.15) is 5.82 Å². The van der Waals surface area contributed by atoms with Gasteiger partial charge in [0.05, 0.1) is 11.9 Å². The molecule has 0 radical (unpaired) electrons. The van der Waals surface area contributed by atoms with Crippen LogP contribution in [0.1, 0.15) is 30.8 Å². The molecule has 2 aromatic rings. The Kier molecular flexibility index (Phi) is 4.13. The molecule has 0 bridgehead atoms. The molecule has 0 spiro atoms. The standard InChI is InChI=1S/C14H19N3O2S/c1-4-11-8-6-7-10(3)14(11)17-20(18,19)13-9-15-12(5-2)16-13/h6-9,17H,4-5H2,1-3H3,(H,15,16). The molecule has 0 aliphatic carbocycles. The van der Waals surface area contributed by atoms with Gasteiger partial charge in [-0.3, -0.25) is 4.72 Å². The quantitative estimate of drug-likeness (QED) is 0.890. The van der Waals surface area contributed by atoms with Crippen molar-refractivity contribution in [3.8, 4) is 0 Å². The number of imidazole rings is 1. The first kappa shape index (κ1) is 14.6. The summed E-state index contributed by atoms with van der Waals surface area (Å²) in [5.41, 5.74) is 2.54. The Hall–Kier alpha value is -1.82. The molecule has 0 fully saturated rings. The first-order chi connectivity index (χ1) is 9.47. The van der Waals surface area contributed by atoms with Crippen molar-refractivity contribution in [3.63, 3.8) is 0 Å². The van der Waals surface area contributed by atoms with Gasteiger partial charge in [-0.05, 0) is 24.5 Å². The van der Waals surface area contributed by atoms with Gasteiger partial charge in [0.25, 0.3) is 10.0 Å². The predicted molar refractivity (Wildman–Crippen MR) is 79.3 cm³/mol. The number of hydrogen-bond donors (Lipinski definition) is 2. The van der Waals surface area contributed by atoms with Crippen molar-refractivity contribution in [3.05, 3.63) is 41.3 Å². The zero-order chi connectivity index (χ0) is 14.8. The third-order valence-electron chi connectivity index (χ3n) is 3.21. The third kappa shape index (κ3) is 2.85. The lowest BCUT2D eigenvalue weighted by atomic mass is 10.1. The van der Waals surface area contributed by atoms with Gasteiger partial charge in [-0.25, -0.2) is 4.98 Å². The number of H-pyrrole nitrogens is 1. The average molecular weight is 293 g/mol. The van der Waals surface area contributed by atoms with Gasteiger partial charge >= 0.3 is 0 Å². The van der Waals surface area contributed by atoms with Gasteiger partial charge in [0, 0.05) is 6.42 Å². The van der Waals surface area contributed by atoms with Crippen molar-refractivity contribution >= 4 is 15.7 Å². The van der Waals surface area contributed by atoms with Crippen LogP contribution in [0.5, 0.6) is 0 Å². The fourth-order valence-corrected chi connectivity index (χ4v) is 3.13. The molecule has 1 aromatic heterocycles. The molecule has 0 saturated heterocycles. The number of nitrogens with zero attached hydrogens (tertiary/aromatic N) is 1. The van der Waals surface area contributed by atoms with E-state index in [0.717, 1.165) is 17.5 Å². The summed E-state index contributed by atoms with van der Waals surface area (Å²) in [4.78, 5) is 6.85. The van der Waals surface area contributed by atoms with Crippen molar-refractivity contribution in [2.45, 2.75) is 38.6 Å². The molecule has 1 aromatic carbocycles. The monoisotopic (exact) mass is 293 g/mol. The molecular weight excluding hydrogens is 274 g/mol. The Morgan fingerprint density at radius 2 is 2.00 bits per heavy atom. The number of sulfonamides is 1. The number of aryl methyl sites for hydroxylation is 3. The summed E-state index contributed by atoms with van der Waals surface area (Å²) in [5.74, 6) is 0.658. The number of aromatic amines is 1. The smallest absolute Gasteiger partial charge is 0.279 e. The van der Waals surface area contributed by atoms with E-state index in [9.17, 15) is 8.42 Å². The first-order valence-corrected chi connectivity index (χ1v) is 8.11. The van der Waals surface area contributed by atoms with Crippen LogP contribution in [0.4, 0.5) is 5.69 Å². The van der Waals surface area contributed by atoms with Crippen LogP contribution in [-0.2, 0) is 22.9 Å². The second kappa shape index (κ2) is 5.66. The molecule has 6 heteroatoms. The van der Waals surface area contributed by atoms with Gasteiger partial charge in [0.15, 0.2) is 5.03 Å².